The highest BCUT2D eigenvalue weighted by Crippen LogP contribution is 2.30. The molecule has 0 bridgehead atoms. The summed E-state index contributed by atoms with van der Waals surface area (Å²) in [4.78, 5) is 14.0. The van der Waals surface area contributed by atoms with Gasteiger partial charge in [0.15, 0.2) is 5.78 Å². The Morgan fingerprint density at radius 2 is 1.58 bits per heavy atom. The summed E-state index contributed by atoms with van der Waals surface area (Å²) >= 11 is 0. The molecule has 0 aliphatic carbocycles. The summed E-state index contributed by atoms with van der Waals surface area (Å²) < 4.78 is 0. The molecule has 0 saturated carbocycles. The molecule has 98 valence electrons. The minimum atomic E-state index is 0.0997. The van der Waals surface area contributed by atoms with Gasteiger partial charge >= 0.3 is 0 Å². The van der Waals surface area contributed by atoms with Crippen LogP contribution < -0.4 is 4.90 Å². The van der Waals surface area contributed by atoms with E-state index in [4.69, 9.17) is 0 Å². The number of ketones is 1. The van der Waals surface area contributed by atoms with Crippen molar-refractivity contribution < 1.29 is 4.79 Å². The highest BCUT2D eigenvalue weighted by molar-refractivity contribution is 6.00. The third-order valence-corrected chi connectivity index (χ3v) is 3.30. The SMILES string of the molecule is CCN(c1ccccc1C)c1ccccc1C(C)=O. The second kappa shape index (κ2) is 5.70. The summed E-state index contributed by atoms with van der Waals surface area (Å²) in [6.45, 7) is 6.64. The first-order valence-corrected chi connectivity index (χ1v) is 6.58. The largest absolute Gasteiger partial charge is 0.341 e. The number of carbonyl (C=O) groups is 1. The zero-order valence-electron chi connectivity index (χ0n) is 11.7. The van der Waals surface area contributed by atoms with E-state index < -0.39 is 0 Å². The molecule has 0 N–H and O–H groups in total. The summed E-state index contributed by atoms with van der Waals surface area (Å²) in [6.07, 6.45) is 0. The molecule has 0 amide bonds. The molecule has 19 heavy (non-hydrogen) atoms. The van der Waals surface area contributed by atoms with Crippen molar-refractivity contribution in [2.75, 3.05) is 11.4 Å². The van der Waals surface area contributed by atoms with E-state index in [1.165, 1.54) is 5.56 Å². The molecule has 0 radical (unpaired) electrons. The van der Waals surface area contributed by atoms with E-state index >= 15 is 0 Å². The quantitative estimate of drug-likeness (QED) is 0.755. The van der Waals surface area contributed by atoms with Crippen LogP contribution in [0.4, 0.5) is 11.4 Å². The standard InChI is InChI=1S/C17H19NO/c1-4-18(16-11-7-5-9-13(16)2)17-12-8-6-10-15(17)14(3)19/h5-12H,4H2,1-3H3. The Morgan fingerprint density at radius 1 is 1.00 bits per heavy atom. The summed E-state index contributed by atoms with van der Waals surface area (Å²) in [5, 5.41) is 0. The molecular formula is C17H19NO. The molecule has 0 aliphatic rings. The summed E-state index contributed by atoms with van der Waals surface area (Å²) in [5.41, 5.74) is 4.11. The molecule has 0 fully saturated rings. The van der Waals surface area contributed by atoms with E-state index in [-0.39, 0.29) is 5.78 Å². The molecule has 0 spiro atoms. The third kappa shape index (κ3) is 2.68. The highest BCUT2D eigenvalue weighted by Gasteiger charge is 2.14. The van der Waals surface area contributed by atoms with Crippen LogP contribution >= 0.6 is 0 Å². The predicted octanol–water partition coefficient (Wildman–Crippen LogP) is 4.36. The lowest BCUT2D eigenvalue weighted by atomic mass is 10.1. The van der Waals surface area contributed by atoms with E-state index in [1.54, 1.807) is 6.92 Å². The molecule has 0 saturated heterocycles. The number of Topliss-reactive ketones (excluding diaryl/α,β-unsaturated/α-hetero) is 1. The number of carbonyl (C=O) groups excluding carboxylic acids is 1. The Balaban J connectivity index is 2.55. The van der Waals surface area contributed by atoms with Crippen LogP contribution in [0.5, 0.6) is 0 Å². The second-order valence-corrected chi connectivity index (χ2v) is 4.60. The normalized spacial score (nSPS) is 10.3. The summed E-state index contributed by atoms with van der Waals surface area (Å²) in [6, 6.07) is 16.0. The summed E-state index contributed by atoms with van der Waals surface area (Å²) in [7, 11) is 0. The highest BCUT2D eigenvalue weighted by atomic mass is 16.1. The van der Waals surface area contributed by atoms with Crippen molar-refractivity contribution in [1.29, 1.82) is 0 Å². The average Bonchev–Trinajstić information content (AvgIpc) is 2.42. The molecule has 0 heterocycles. The summed E-state index contributed by atoms with van der Waals surface area (Å²) in [5.74, 6) is 0.0997. The minimum absolute atomic E-state index is 0.0997. The van der Waals surface area contributed by atoms with Crippen molar-refractivity contribution in [1.82, 2.24) is 0 Å². The van der Waals surface area contributed by atoms with Gasteiger partial charge < -0.3 is 4.90 Å². The number of nitrogens with zero attached hydrogens (tertiary/aromatic N) is 1. The maximum atomic E-state index is 11.8. The fourth-order valence-corrected chi connectivity index (χ4v) is 2.34. The molecule has 2 rings (SSSR count). The van der Waals surface area contributed by atoms with Crippen LogP contribution in [-0.4, -0.2) is 12.3 Å². The second-order valence-electron chi connectivity index (χ2n) is 4.60. The van der Waals surface area contributed by atoms with Gasteiger partial charge in [-0.2, -0.15) is 0 Å². The number of hydrogen-bond donors (Lipinski definition) is 0. The van der Waals surface area contributed by atoms with Crippen molar-refractivity contribution in [2.45, 2.75) is 20.8 Å². The van der Waals surface area contributed by atoms with Crippen molar-refractivity contribution in [3.8, 4) is 0 Å². The Labute approximate surface area is 114 Å². The maximum absolute atomic E-state index is 11.8. The van der Waals surface area contributed by atoms with Gasteiger partial charge in [0.1, 0.15) is 0 Å². The molecule has 2 nitrogen and oxygen atoms in total. The maximum Gasteiger partial charge on any atom is 0.161 e. The van der Waals surface area contributed by atoms with Crippen molar-refractivity contribution >= 4 is 17.2 Å². The lowest BCUT2D eigenvalue weighted by Crippen LogP contribution is -2.19. The number of hydrogen-bond acceptors (Lipinski definition) is 2. The van der Waals surface area contributed by atoms with Crippen molar-refractivity contribution in [2.24, 2.45) is 0 Å². The first-order chi connectivity index (χ1) is 9.15. The van der Waals surface area contributed by atoms with Crippen molar-refractivity contribution in [3.63, 3.8) is 0 Å². The molecule has 2 heteroatoms. The molecule has 2 aromatic carbocycles. The number of rotatable bonds is 4. The van der Waals surface area contributed by atoms with Gasteiger partial charge in [-0.15, -0.1) is 0 Å². The van der Waals surface area contributed by atoms with Crippen LogP contribution in [0.3, 0.4) is 0 Å². The van der Waals surface area contributed by atoms with E-state index in [0.29, 0.717) is 0 Å². The van der Waals surface area contributed by atoms with E-state index in [0.717, 1.165) is 23.5 Å². The first kappa shape index (κ1) is 13.3. The van der Waals surface area contributed by atoms with Gasteiger partial charge in [0.2, 0.25) is 0 Å². The molecule has 0 atom stereocenters. The molecule has 0 aromatic heterocycles. The van der Waals surface area contributed by atoms with E-state index in [9.17, 15) is 4.79 Å². The fraction of sp³-hybridized carbons (Fsp3) is 0.235. The fourth-order valence-electron chi connectivity index (χ4n) is 2.34. The lowest BCUT2D eigenvalue weighted by molar-refractivity contribution is 0.101. The number of benzene rings is 2. The van der Waals surface area contributed by atoms with E-state index in [2.05, 4.69) is 30.9 Å². The van der Waals surface area contributed by atoms with Crippen LogP contribution in [0.15, 0.2) is 48.5 Å². The first-order valence-electron chi connectivity index (χ1n) is 6.58. The molecular weight excluding hydrogens is 234 g/mol. The van der Waals surface area contributed by atoms with Gasteiger partial charge in [-0.05, 0) is 44.5 Å². The van der Waals surface area contributed by atoms with Crippen LogP contribution in [-0.2, 0) is 0 Å². The van der Waals surface area contributed by atoms with Gasteiger partial charge in [-0.25, -0.2) is 0 Å². The van der Waals surface area contributed by atoms with Gasteiger partial charge in [0.25, 0.3) is 0 Å². The Morgan fingerprint density at radius 3 is 2.16 bits per heavy atom. The van der Waals surface area contributed by atoms with Crippen LogP contribution in [0, 0.1) is 6.92 Å². The van der Waals surface area contributed by atoms with Gasteiger partial charge in [-0.1, -0.05) is 30.3 Å². The topological polar surface area (TPSA) is 20.3 Å². The molecule has 2 aromatic rings. The molecule has 0 aliphatic heterocycles. The smallest absolute Gasteiger partial charge is 0.161 e. The zero-order chi connectivity index (χ0) is 13.8. The van der Waals surface area contributed by atoms with Crippen LogP contribution in [0.25, 0.3) is 0 Å². The van der Waals surface area contributed by atoms with Crippen molar-refractivity contribution in [3.05, 3.63) is 59.7 Å². The average molecular weight is 253 g/mol. The minimum Gasteiger partial charge on any atom is -0.341 e. The number of anilines is 2. The Bertz CT molecular complexity index is 589. The van der Waals surface area contributed by atoms with Gasteiger partial charge in [-0.3, -0.25) is 4.79 Å². The van der Waals surface area contributed by atoms with Crippen LogP contribution in [0.1, 0.15) is 29.8 Å². The Kier molecular flexibility index (Phi) is 4.00. The number of aryl methyl sites for hydroxylation is 1. The predicted molar refractivity (Wildman–Crippen MR) is 80.3 cm³/mol. The van der Waals surface area contributed by atoms with Gasteiger partial charge in [0.05, 0.1) is 5.69 Å². The van der Waals surface area contributed by atoms with Gasteiger partial charge in [0, 0.05) is 17.8 Å². The van der Waals surface area contributed by atoms with Crippen LogP contribution in [0.2, 0.25) is 0 Å². The Hall–Kier alpha value is -2.09. The lowest BCUT2D eigenvalue weighted by Gasteiger charge is -2.26. The third-order valence-electron chi connectivity index (χ3n) is 3.30. The number of para-hydroxylation sites is 2. The molecule has 0 unspecified atom stereocenters. The van der Waals surface area contributed by atoms with E-state index in [1.807, 2.05) is 36.4 Å². The monoisotopic (exact) mass is 253 g/mol. The zero-order valence-corrected chi connectivity index (χ0v) is 11.7.